The van der Waals surface area contributed by atoms with Gasteiger partial charge in [0.05, 0.1) is 11.9 Å². The van der Waals surface area contributed by atoms with Crippen LogP contribution in [0, 0.1) is 0 Å². The molecular formula is C12H12N3OS-. The smallest absolute Gasteiger partial charge is 0.0735 e. The minimum atomic E-state index is -0.229. The van der Waals surface area contributed by atoms with Crippen LogP contribution in [-0.2, 0) is 0 Å². The zero-order valence-electron chi connectivity index (χ0n) is 9.30. The Balaban J connectivity index is 2.11. The van der Waals surface area contributed by atoms with Crippen molar-refractivity contribution in [2.75, 3.05) is 18.0 Å². The first-order chi connectivity index (χ1) is 8.36. The molecule has 1 aliphatic heterocycles. The lowest BCUT2D eigenvalue weighted by Crippen LogP contribution is -2.19. The van der Waals surface area contributed by atoms with Gasteiger partial charge in [0.1, 0.15) is 0 Å². The van der Waals surface area contributed by atoms with Crippen LogP contribution in [0.1, 0.15) is 12.8 Å². The number of anilines is 1. The molecule has 17 heavy (non-hydrogen) atoms. The maximum absolute atomic E-state index is 11.9. The van der Waals surface area contributed by atoms with Crippen LogP contribution < -0.4 is 10.0 Å². The summed E-state index contributed by atoms with van der Waals surface area (Å²) in [6.45, 7) is 2.00. The van der Waals surface area contributed by atoms with Crippen molar-refractivity contribution in [3.8, 4) is 17.0 Å². The van der Waals surface area contributed by atoms with E-state index < -0.39 is 0 Å². The van der Waals surface area contributed by atoms with Gasteiger partial charge in [0.2, 0.25) is 0 Å². The van der Waals surface area contributed by atoms with E-state index in [0.29, 0.717) is 5.56 Å². The van der Waals surface area contributed by atoms with Gasteiger partial charge >= 0.3 is 0 Å². The molecule has 0 radical (unpaired) electrons. The van der Waals surface area contributed by atoms with E-state index in [-0.39, 0.29) is 5.88 Å². The molecule has 3 heterocycles. The molecule has 1 fully saturated rings. The summed E-state index contributed by atoms with van der Waals surface area (Å²) in [7, 11) is 0. The fourth-order valence-corrected chi connectivity index (χ4v) is 2.88. The fourth-order valence-electron chi connectivity index (χ4n) is 2.24. The fraction of sp³-hybridized carbons (Fsp3) is 0.333. The van der Waals surface area contributed by atoms with Crippen molar-refractivity contribution in [2.45, 2.75) is 12.8 Å². The van der Waals surface area contributed by atoms with E-state index in [0.717, 1.165) is 24.3 Å². The van der Waals surface area contributed by atoms with Crippen LogP contribution in [0.2, 0.25) is 0 Å². The molecule has 3 rings (SSSR count). The largest absolute Gasteiger partial charge is 0.857 e. The molecule has 0 spiro atoms. The van der Waals surface area contributed by atoms with Crippen molar-refractivity contribution in [3.63, 3.8) is 0 Å². The van der Waals surface area contributed by atoms with Crippen molar-refractivity contribution in [1.29, 1.82) is 0 Å². The number of hydrogen-bond acceptors (Lipinski definition) is 5. The zero-order chi connectivity index (χ0) is 11.7. The quantitative estimate of drug-likeness (QED) is 0.812. The standard InChI is InChI=1S/C12H13N3OS/c16-12-11(9-3-6-17-8-9)10(7-13-14-12)15-4-1-2-5-15/h3,6-8H,1-2,4-5H2,(H,14,16)/p-1. The highest BCUT2D eigenvalue weighted by atomic mass is 32.1. The van der Waals surface area contributed by atoms with E-state index in [1.54, 1.807) is 17.5 Å². The lowest BCUT2D eigenvalue weighted by Gasteiger charge is -2.23. The summed E-state index contributed by atoms with van der Waals surface area (Å²) >= 11 is 1.59. The van der Waals surface area contributed by atoms with E-state index in [4.69, 9.17) is 0 Å². The molecule has 4 nitrogen and oxygen atoms in total. The van der Waals surface area contributed by atoms with Crippen LogP contribution in [0.15, 0.2) is 23.0 Å². The summed E-state index contributed by atoms with van der Waals surface area (Å²) < 4.78 is 0. The predicted octanol–water partition coefficient (Wildman–Crippen LogP) is 1.88. The zero-order valence-corrected chi connectivity index (χ0v) is 10.1. The molecule has 2 aromatic rings. The summed E-state index contributed by atoms with van der Waals surface area (Å²) in [5, 5.41) is 23.3. The summed E-state index contributed by atoms with van der Waals surface area (Å²) in [6, 6.07) is 1.96. The third-order valence-corrected chi connectivity index (χ3v) is 3.74. The van der Waals surface area contributed by atoms with Crippen LogP contribution in [0.4, 0.5) is 5.69 Å². The molecule has 0 aliphatic carbocycles. The summed E-state index contributed by atoms with van der Waals surface area (Å²) in [4.78, 5) is 2.23. The Morgan fingerprint density at radius 3 is 2.82 bits per heavy atom. The third kappa shape index (κ3) is 1.86. The molecule has 0 unspecified atom stereocenters. The van der Waals surface area contributed by atoms with Gasteiger partial charge in [0, 0.05) is 24.5 Å². The van der Waals surface area contributed by atoms with Gasteiger partial charge in [-0.2, -0.15) is 21.5 Å². The number of thiophene rings is 1. The number of rotatable bonds is 2. The average Bonchev–Trinajstić information content (AvgIpc) is 3.02. The van der Waals surface area contributed by atoms with Crippen LogP contribution >= 0.6 is 11.3 Å². The average molecular weight is 246 g/mol. The Bertz CT molecular complexity index is 506. The summed E-state index contributed by atoms with van der Waals surface area (Å²) in [6.07, 6.45) is 4.07. The molecule has 0 aromatic carbocycles. The lowest BCUT2D eigenvalue weighted by atomic mass is 10.1. The first-order valence-electron chi connectivity index (χ1n) is 5.66. The van der Waals surface area contributed by atoms with Crippen molar-refractivity contribution >= 4 is 17.0 Å². The Labute approximate surface area is 104 Å². The Morgan fingerprint density at radius 2 is 2.12 bits per heavy atom. The summed E-state index contributed by atoms with van der Waals surface area (Å²) in [5.74, 6) is -0.229. The van der Waals surface area contributed by atoms with Crippen LogP contribution in [0.5, 0.6) is 5.88 Å². The van der Waals surface area contributed by atoms with Crippen molar-refractivity contribution in [1.82, 2.24) is 10.2 Å². The van der Waals surface area contributed by atoms with Gasteiger partial charge in [0.15, 0.2) is 0 Å². The van der Waals surface area contributed by atoms with E-state index in [2.05, 4.69) is 15.1 Å². The third-order valence-electron chi connectivity index (χ3n) is 3.06. The van der Waals surface area contributed by atoms with Crippen molar-refractivity contribution in [3.05, 3.63) is 23.0 Å². The van der Waals surface area contributed by atoms with Gasteiger partial charge in [-0.3, -0.25) is 0 Å². The highest BCUT2D eigenvalue weighted by molar-refractivity contribution is 7.08. The van der Waals surface area contributed by atoms with Crippen LogP contribution in [-0.4, -0.2) is 23.3 Å². The Morgan fingerprint density at radius 1 is 1.29 bits per heavy atom. The van der Waals surface area contributed by atoms with Crippen molar-refractivity contribution < 1.29 is 5.11 Å². The van der Waals surface area contributed by atoms with E-state index in [9.17, 15) is 5.11 Å². The maximum atomic E-state index is 11.9. The number of hydrogen-bond donors (Lipinski definition) is 0. The maximum Gasteiger partial charge on any atom is 0.0735 e. The highest BCUT2D eigenvalue weighted by Gasteiger charge is 2.18. The Hall–Kier alpha value is -1.62. The second-order valence-electron chi connectivity index (χ2n) is 4.12. The molecule has 5 heteroatoms. The lowest BCUT2D eigenvalue weighted by molar-refractivity contribution is -0.274. The van der Waals surface area contributed by atoms with Gasteiger partial charge in [-0.15, -0.1) is 0 Å². The minimum Gasteiger partial charge on any atom is -0.857 e. The van der Waals surface area contributed by atoms with Gasteiger partial charge in [-0.05, 0) is 35.2 Å². The first-order valence-corrected chi connectivity index (χ1v) is 6.61. The number of aromatic nitrogens is 2. The van der Waals surface area contributed by atoms with Gasteiger partial charge in [-0.1, -0.05) is 0 Å². The minimum absolute atomic E-state index is 0.229. The molecule has 88 valence electrons. The van der Waals surface area contributed by atoms with E-state index >= 15 is 0 Å². The molecule has 0 N–H and O–H groups in total. The first kappa shape index (κ1) is 10.5. The van der Waals surface area contributed by atoms with Gasteiger partial charge < -0.3 is 10.0 Å². The predicted molar refractivity (Wildman–Crippen MR) is 66.2 cm³/mol. The molecule has 2 aromatic heterocycles. The topological polar surface area (TPSA) is 52.1 Å². The molecule has 1 aliphatic rings. The number of nitrogens with zero attached hydrogens (tertiary/aromatic N) is 3. The second kappa shape index (κ2) is 4.33. The van der Waals surface area contributed by atoms with E-state index in [1.807, 2.05) is 16.8 Å². The van der Waals surface area contributed by atoms with Gasteiger partial charge in [0.25, 0.3) is 0 Å². The molecule has 0 saturated carbocycles. The summed E-state index contributed by atoms with van der Waals surface area (Å²) in [5.41, 5.74) is 2.58. The van der Waals surface area contributed by atoms with Gasteiger partial charge in [-0.25, -0.2) is 0 Å². The molecule has 0 atom stereocenters. The Kier molecular flexibility index (Phi) is 2.68. The highest BCUT2D eigenvalue weighted by Crippen LogP contribution is 2.36. The molecule has 0 bridgehead atoms. The van der Waals surface area contributed by atoms with Crippen LogP contribution in [0.3, 0.4) is 0 Å². The van der Waals surface area contributed by atoms with Crippen LogP contribution in [0.25, 0.3) is 11.1 Å². The SMILES string of the molecule is [O-]c1nncc(N2CCCC2)c1-c1ccsc1. The van der Waals surface area contributed by atoms with Crippen molar-refractivity contribution in [2.24, 2.45) is 0 Å². The normalized spacial score (nSPS) is 15.4. The molecular weight excluding hydrogens is 234 g/mol. The monoisotopic (exact) mass is 246 g/mol. The second-order valence-corrected chi connectivity index (χ2v) is 4.90. The molecule has 0 amide bonds. The van der Waals surface area contributed by atoms with E-state index in [1.165, 1.54) is 12.8 Å². The molecule has 1 saturated heterocycles.